The van der Waals surface area contributed by atoms with Crippen LogP contribution < -0.4 is 14.8 Å². The zero-order valence-electron chi connectivity index (χ0n) is 14.2. The predicted molar refractivity (Wildman–Crippen MR) is 94.9 cm³/mol. The van der Waals surface area contributed by atoms with E-state index in [1.165, 1.54) is 0 Å². The Labute approximate surface area is 142 Å². The van der Waals surface area contributed by atoms with E-state index in [0.29, 0.717) is 26.1 Å². The van der Waals surface area contributed by atoms with Crippen LogP contribution in [0.1, 0.15) is 29.5 Å². The Kier molecular flexibility index (Phi) is 5.04. The summed E-state index contributed by atoms with van der Waals surface area (Å²) in [6.45, 7) is 5.41. The number of carbonyl (C=O) groups is 1. The molecule has 2 aromatic rings. The maximum absolute atomic E-state index is 12.2. The van der Waals surface area contributed by atoms with Crippen LogP contribution in [0.2, 0.25) is 0 Å². The van der Waals surface area contributed by atoms with Crippen LogP contribution in [0.4, 0.5) is 5.69 Å². The van der Waals surface area contributed by atoms with Gasteiger partial charge >= 0.3 is 0 Å². The smallest absolute Gasteiger partial charge is 0.224 e. The summed E-state index contributed by atoms with van der Waals surface area (Å²) < 4.78 is 11.3. The van der Waals surface area contributed by atoms with Crippen molar-refractivity contribution >= 4 is 11.6 Å². The summed E-state index contributed by atoms with van der Waals surface area (Å²) in [5, 5.41) is 2.97. The minimum absolute atomic E-state index is 0.0205. The molecule has 0 unspecified atom stereocenters. The Hall–Kier alpha value is -2.49. The second-order valence-electron chi connectivity index (χ2n) is 6.26. The van der Waals surface area contributed by atoms with Crippen LogP contribution in [-0.4, -0.2) is 19.1 Å². The van der Waals surface area contributed by atoms with Gasteiger partial charge in [-0.25, -0.2) is 0 Å². The Balaban J connectivity index is 1.59. The lowest BCUT2D eigenvalue weighted by molar-refractivity contribution is -0.116. The van der Waals surface area contributed by atoms with Crippen molar-refractivity contribution in [2.75, 3.05) is 18.5 Å². The van der Waals surface area contributed by atoms with Gasteiger partial charge in [-0.2, -0.15) is 0 Å². The molecule has 0 atom stereocenters. The average Bonchev–Trinajstić information content (AvgIpc) is 2.76. The van der Waals surface area contributed by atoms with Gasteiger partial charge in [-0.15, -0.1) is 0 Å². The monoisotopic (exact) mass is 325 g/mol. The number of amides is 1. The first kappa shape index (κ1) is 16.4. The standard InChI is InChI=1S/C20H23NO3/c1-14-10-15(2)12-17(11-14)21-20(22)7-5-16-4-6-18-19(13-16)24-9-3-8-23-18/h4,6,10-13H,3,5,7-9H2,1-2H3,(H,21,22). The van der Waals surface area contributed by atoms with E-state index in [0.717, 1.165) is 40.3 Å². The third-order valence-electron chi connectivity index (χ3n) is 3.96. The van der Waals surface area contributed by atoms with Crippen LogP contribution in [0.3, 0.4) is 0 Å². The fraction of sp³-hybridized carbons (Fsp3) is 0.350. The molecular weight excluding hydrogens is 302 g/mol. The Morgan fingerprint density at radius 3 is 2.46 bits per heavy atom. The van der Waals surface area contributed by atoms with E-state index in [1.54, 1.807) is 0 Å². The predicted octanol–water partition coefficient (Wildman–Crippen LogP) is 4.04. The fourth-order valence-corrected chi connectivity index (χ4v) is 2.89. The summed E-state index contributed by atoms with van der Waals surface area (Å²) in [4.78, 5) is 12.2. The molecular formula is C20H23NO3. The highest BCUT2D eigenvalue weighted by molar-refractivity contribution is 5.91. The summed E-state index contributed by atoms with van der Waals surface area (Å²) in [5.41, 5.74) is 4.23. The van der Waals surface area contributed by atoms with E-state index in [9.17, 15) is 4.79 Å². The van der Waals surface area contributed by atoms with Crippen molar-refractivity contribution < 1.29 is 14.3 Å². The lowest BCUT2D eigenvalue weighted by Gasteiger charge is -2.10. The van der Waals surface area contributed by atoms with Crippen LogP contribution in [0.5, 0.6) is 11.5 Å². The number of rotatable bonds is 4. The minimum Gasteiger partial charge on any atom is -0.490 e. The third-order valence-corrected chi connectivity index (χ3v) is 3.96. The summed E-state index contributed by atoms with van der Waals surface area (Å²) in [6, 6.07) is 12.0. The van der Waals surface area contributed by atoms with Crippen LogP contribution in [0, 0.1) is 13.8 Å². The zero-order chi connectivity index (χ0) is 16.9. The lowest BCUT2D eigenvalue weighted by Crippen LogP contribution is -2.12. The van der Waals surface area contributed by atoms with E-state index in [1.807, 2.05) is 44.2 Å². The topological polar surface area (TPSA) is 47.6 Å². The van der Waals surface area contributed by atoms with Gasteiger partial charge in [0.1, 0.15) is 0 Å². The minimum atomic E-state index is 0.0205. The maximum atomic E-state index is 12.2. The quantitative estimate of drug-likeness (QED) is 0.923. The van der Waals surface area contributed by atoms with Crippen LogP contribution >= 0.6 is 0 Å². The Morgan fingerprint density at radius 2 is 1.71 bits per heavy atom. The highest BCUT2D eigenvalue weighted by Crippen LogP contribution is 2.30. The normalized spacial score (nSPS) is 13.2. The number of hydrogen-bond donors (Lipinski definition) is 1. The average molecular weight is 325 g/mol. The van der Waals surface area contributed by atoms with Crippen molar-refractivity contribution in [2.24, 2.45) is 0 Å². The molecule has 0 saturated carbocycles. The number of hydrogen-bond acceptors (Lipinski definition) is 3. The molecule has 1 N–H and O–H groups in total. The first-order chi connectivity index (χ1) is 11.6. The van der Waals surface area contributed by atoms with Gasteiger partial charge in [0.15, 0.2) is 11.5 Å². The van der Waals surface area contributed by atoms with Gasteiger partial charge in [-0.05, 0) is 61.2 Å². The van der Waals surface area contributed by atoms with Crippen molar-refractivity contribution in [3.63, 3.8) is 0 Å². The Bertz CT molecular complexity index is 719. The van der Waals surface area contributed by atoms with Gasteiger partial charge in [0.25, 0.3) is 0 Å². The number of fused-ring (bicyclic) bond motifs is 1. The molecule has 1 amide bonds. The van der Waals surface area contributed by atoms with Crippen molar-refractivity contribution in [3.05, 3.63) is 53.1 Å². The van der Waals surface area contributed by atoms with E-state index in [4.69, 9.17) is 9.47 Å². The van der Waals surface area contributed by atoms with Crippen molar-refractivity contribution in [1.82, 2.24) is 0 Å². The molecule has 0 radical (unpaired) electrons. The van der Waals surface area contributed by atoms with Crippen LogP contribution in [0.15, 0.2) is 36.4 Å². The molecule has 2 aromatic carbocycles. The van der Waals surface area contributed by atoms with E-state index >= 15 is 0 Å². The molecule has 0 aliphatic carbocycles. The Morgan fingerprint density at radius 1 is 1.00 bits per heavy atom. The molecule has 0 bridgehead atoms. The summed E-state index contributed by atoms with van der Waals surface area (Å²) in [7, 11) is 0. The molecule has 126 valence electrons. The molecule has 4 heteroatoms. The largest absolute Gasteiger partial charge is 0.490 e. The second-order valence-corrected chi connectivity index (χ2v) is 6.26. The van der Waals surface area contributed by atoms with Gasteiger partial charge in [0.05, 0.1) is 13.2 Å². The number of nitrogens with one attached hydrogen (secondary N) is 1. The lowest BCUT2D eigenvalue weighted by atomic mass is 10.1. The van der Waals surface area contributed by atoms with Gasteiger partial charge < -0.3 is 14.8 Å². The first-order valence-electron chi connectivity index (χ1n) is 8.37. The third kappa shape index (κ3) is 4.28. The molecule has 1 heterocycles. The molecule has 0 aromatic heterocycles. The van der Waals surface area contributed by atoms with Crippen molar-refractivity contribution in [1.29, 1.82) is 0 Å². The molecule has 0 saturated heterocycles. The van der Waals surface area contributed by atoms with Gasteiger partial charge in [0.2, 0.25) is 5.91 Å². The SMILES string of the molecule is Cc1cc(C)cc(NC(=O)CCc2ccc3c(c2)OCCCO3)c1. The van der Waals surface area contributed by atoms with Crippen molar-refractivity contribution in [3.8, 4) is 11.5 Å². The number of benzene rings is 2. The van der Waals surface area contributed by atoms with Crippen LogP contribution in [-0.2, 0) is 11.2 Å². The summed E-state index contributed by atoms with van der Waals surface area (Å²) in [5.74, 6) is 1.59. The molecule has 1 aliphatic heterocycles. The molecule has 4 nitrogen and oxygen atoms in total. The van der Waals surface area contributed by atoms with E-state index in [2.05, 4.69) is 11.4 Å². The summed E-state index contributed by atoms with van der Waals surface area (Å²) in [6.07, 6.45) is 2.00. The number of aryl methyl sites for hydroxylation is 3. The fourth-order valence-electron chi connectivity index (χ4n) is 2.89. The zero-order valence-corrected chi connectivity index (χ0v) is 14.2. The van der Waals surface area contributed by atoms with Gasteiger partial charge in [-0.1, -0.05) is 12.1 Å². The van der Waals surface area contributed by atoms with Gasteiger partial charge in [-0.3, -0.25) is 4.79 Å². The highest BCUT2D eigenvalue weighted by Gasteiger charge is 2.11. The summed E-state index contributed by atoms with van der Waals surface area (Å²) >= 11 is 0. The first-order valence-corrected chi connectivity index (χ1v) is 8.37. The number of carbonyl (C=O) groups excluding carboxylic acids is 1. The molecule has 1 aliphatic rings. The van der Waals surface area contributed by atoms with Crippen molar-refractivity contribution in [2.45, 2.75) is 33.1 Å². The van der Waals surface area contributed by atoms with Gasteiger partial charge in [0, 0.05) is 18.5 Å². The van der Waals surface area contributed by atoms with Crippen LogP contribution in [0.25, 0.3) is 0 Å². The number of ether oxygens (including phenoxy) is 2. The molecule has 24 heavy (non-hydrogen) atoms. The van der Waals surface area contributed by atoms with E-state index < -0.39 is 0 Å². The van der Waals surface area contributed by atoms with E-state index in [-0.39, 0.29) is 5.91 Å². The maximum Gasteiger partial charge on any atom is 0.224 e. The molecule has 0 spiro atoms. The second kappa shape index (κ2) is 7.39. The number of anilines is 1. The highest BCUT2D eigenvalue weighted by atomic mass is 16.5. The molecule has 3 rings (SSSR count). The molecule has 0 fully saturated rings.